The number of methoxy groups -OCH3 is 1. The predicted molar refractivity (Wildman–Crippen MR) is 84.9 cm³/mol. The van der Waals surface area contributed by atoms with Crippen molar-refractivity contribution in [2.45, 2.75) is 19.1 Å². The summed E-state index contributed by atoms with van der Waals surface area (Å²) in [5.74, 6) is 0.795. The van der Waals surface area contributed by atoms with Crippen LogP contribution in [-0.2, 0) is 4.74 Å². The number of amides is 1. The molecule has 0 radical (unpaired) electrons. The van der Waals surface area contributed by atoms with Crippen LogP contribution in [0.4, 0.5) is 4.79 Å². The van der Waals surface area contributed by atoms with Crippen LogP contribution in [0.15, 0.2) is 48.5 Å². The predicted octanol–water partition coefficient (Wildman–Crippen LogP) is 3.87. The van der Waals surface area contributed by atoms with E-state index < -0.39 is 0 Å². The summed E-state index contributed by atoms with van der Waals surface area (Å²) in [5, 5.41) is 0. The van der Waals surface area contributed by atoms with Crippen LogP contribution >= 0.6 is 0 Å². The van der Waals surface area contributed by atoms with Crippen LogP contribution in [0.5, 0.6) is 5.75 Å². The van der Waals surface area contributed by atoms with Gasteiger partial charge in [0.15, 0.2) is 0 Å². The normalized spacial score (nSPS) is 20.9. The molecular weight excluding hydrogens is 278 g/mol. The second-order valence-electron chi connectivity index (χ2n) is 5.47. The third kappa shape index (κ3) is 2.41. The summed E-state index contributed by atoms with van der Waals surface area (Å²) in [6.45, 7) is 1.91. The van der Waals surface area contributed by atoms with E-state index in [1.807, 2.05) is 43.3 Å². The van der Waals surface area contributed by atoms with Gasteiger partial charge in [0.25, 0.3) is 0 Å². The fourth-order valence-electron chi connectivity index (χ4n) is 2.98. The molecule has 0 spiro atoms. The van der Waals surface area contributed by atoms with Gasteiger partial charge in [-0.25, -0.2) is 4.79 Å². The molecule has 4 nitrogen and oxygen atoms in total. The Hall–Kier alpha value is -2.49. The van der Waals surface area contributed by atoms with Crippen molar-refractivity contribution in [1.82, 2.24) is 4.90 Å². The van der Waals surface area contributed by atoms with Gasteiger partial charge < -0.3 is 14.4 Å². The smallest absolute Gasteiger partial charge is 0.410 e. The average Bonchev–Trinajstić information content (AvgIpc) is 2.80. The second-order valence-corrected chi connectivity index (χ2v) is 5.47. The summed E-state index contributed by atoms with van der Waals surface area (Å²) in [7, 11) is 3.42. The van der Waals surface area contributed by atoms with Crippen LogP contribution in [0.25, 0.3) is 11.1 Å². The quantitative estimate of drug-likeness (QED) is 0.863. The van der Waals surface area contributed by atoms with Gasteiger partial charge in [0, 0.05) is 12.6 Å². The number of carbonyl (C=O) groups is 1. The molecule has 1 saturated heterocycles. The van der Waals surface area contributed by atoms with Crippen molar-refractivity contribution in [3.05, 3.63) is 54.1 Å². The van der Waals surface area contributed by atoms with Crippen LogP contribution in [0.1, 0.15) is 18.5 Å². The Morgan fingerprint density at radius 3 is 2.45 bits per heavy atom. The van der Waals surface area contributed by atoms with E-state index in [4.69, 9.17) is 9.47 Å². The first-order valence-electron chi connectivity index (χ1n) is 7.28. The van der Waals surface area contributed by atoms with Crippen LogP contribution in [0.3, 0.4) is 0 Å². The van der Waals surface area contributed by atoms with Crippen LogP contribution < -0.4 is 4.74 Å². The van der Waals surface area contributed by atoms with Gasteiger partial charge in [0.1, 0.15) is 11.9 Å². The molecule has 1 aliphatic heterocycles. The Morgan fingerprint density at radius 2 is 1.86 bits per heavy atom. The Kier molecular flexibility index (Phi) is 3.75. The number of hydrogen-bond acceptors (Lipinski definition) is 3. The second kappa shape index (κ2) is 5.72. The molecule has 22 heavy (non-hydrogen) atoms. The zero-order valence-corrected chi connectivity index (χ0v) is 12.9. The minimum Gasteiger partial charge on any atom is -0.496 e. The van der Waals surface area contributed by atoms with E-state index in [9.17, 15) is 4.79 Å². The van der Waals surface area contributed by atoms with Crippen molar-refractivity contribution in [1.29, 1.82) is 0 Å². The lowest BCUT2D eigenvalue weighted by Gasteiger charge is -2.21. The fourth-order valence-corrected chi connectivity index (χ4v) is 2.98. The monoisotopic (exact) mass is 297 g/mol. The van der Waals surface area contributed by atoms with Gasteiger partial charge in [-0.15, -0.1) is 0 Å². The van der Waals surface area contributed by atoms with E-state index in [0.29, 0.717) is 0 Å². The summed E-state index contributed by atoms with van der Waals surface area (Å²) in [6.07, 6.45) is -0.464. The first kappa shape index (κ1) is 14.4. The van der Waals surface area contributed by atoms with E-state index in [2.05, 4.69) is 12.1 Å². The number of ether oxygens (including phenoxy) is 2. The Labute approximate surface area is 130 Å². The minimum absolute atomic E-state index is 0.0915. The Balaban J connectivity index is 2.01. The van der Waals surface area contributed by atoms with E-state index in [0.717, 1.165) is 22.4 Å². The molecule has 0 bridgehead atoms. The van der Waals surface area contributed by atoms with Crippen molar-refractivity contribution < 1.29 is 14.3 Å². The lowest BCUT2D eigenvalue weighted by molar-refractivity contribution is 0.138. The van der Waals surface area contributed by atoms with Gasteiger partial charge in [0.2, 0.25) is 0 Å². The highest BCUT2D eigenvalue weighted by molar-refractivity contribution is 5.73. The number of likely N-dealkylation sites (N-methyl/N-ethyl adjacent to an activating group) is 1. The zero-order valence-electron chi connectivity index (χ0n) is 12.9. The molecule has 0 aromatic heterocycles. The van der Waals surface area contributed by atoms with Gasteiger partial charge in [-0.1, -0.05) is 42.5 Å². The van der Waals surface area contributed by atoms with E-state index in [1.165, 1.54) is 0 Å². The number of hydrogen-bond donors (Lipinski definition) is 0. The Morgan fingerprint density at radius 1 is 1.14 bits per heavy atom. The molecule has 1 aliphatic rings. The molecule has 2 atom stereocenters. The molecule has 1 heterocycles. The van der Waals surface area contributed by atoms with Crippen molar-refractivity contribution >= 4 is 6.09 Å². The largest absolute Gasteiger partial charge is 0.496 e. The van der Waals surface area contributed by atoms with Gasteiger partial charge >= 0.3 is 6.09 Å². The number of cyclic esters (lactones) is 1. The van der Waals surface area contributed by atoms with Gasteiger partial charge in [0.05, 0.1) is 13.2 Å². The summed E-state index contributed by atoms with van der Waals surface area (Å²) >= 11 is 0. The lowest BCUT2D eigenvalue weighted by Crippen LogP contribution is -2.24. The first-order valence-corrected chi connectivity index (χ1v) is 7.28. The number of carbonyl (C=O) groups excluding carboxylic acids is 1. The van der Waals surface area contributed by atoms with E-state index in [1.54, 1.807) is 19.1 Å². The third-order valence-corrected chi connectivity index (χ3v) is 4.09. The topological polar surface area (TPSA) is 38.8 Å². The van der Waals surface area contributed by atoms with Crippen LogP contribution in [0.2, 0.25) is 0 Å². The van der Waals surface area contributed by atoms with Crippen LogP contribution in [0, 0.1) is 0 Å². The highest BCUT2D eigenvalue weighted by Crippen LogP contribution is 2.37. The lowest BCUT2D eigenvalue weighted by atomic mass is 9.97. The van der Waals surface area contributed by atoms with Gasteiger partial charge in [-0.3, -0.25) is 0 Å². The van der Waals surface area contributed by atoms with Crippen molar-refractivity contribution in [3.63, 3.8) is 0 Å². The molecule has 0 aliphatic carbocycles. The van der Waals surface area contributed by atoms with Crippen molar-refractivity contribution in [2.75, 3.05) is 14.2 Å². The molecule has 1 amide bonds. The van der Waals surface area contributed by atoms with Crippen LogP contribution in [-0.4, -0.2) is 31.3 Å². The van der Waals surface area contributed by atoms with Crippen molar-refractivity contribution in [3.8, 4) is 16.9 Å². The highest BCUT2D eigenvalue weighted by Gasteiger charge is 2.37. The molecule has 4 heteroatoms. The van der Waals surface area contributed by atoms with Gasteiger partial charge in [-0.2, -0.15) is 0 Å². The summed E-state index contributed by atoms with van der Waals surface area (Å²) in [6, 6.07) is 16.1. The van der Waals surface area contributed by atoms with E-state index in [-0.39, 0.29) is 18.2 Å². The summed E-state index contributed by atoms with van der Waals surface area (Å²) in [5.41, 5.74) is 3.15. The Bertz CT molecular complexity index is 684. The first-order chi connectivity index (χ1) is 10.6. The minimum atomic E-state index is -0.288. The molecule has 1 fully saturated rings. The number of rotatable bonds is 3. The average molecular weight is 297 g/mol. The molecule has 2 unspecified atom stereocenters. The standard InChI is InChI=1S/C18H19NO3/c1-12-17(19(2)18(20)22-12)14-9-10-15(16(11-14)21-3)13-7-5-4-6-8-13/h4-12,17H,1-3H3. The number of nitrogens with zero attached hydrogens (tertiary/aromatic N) is 1. The molecular formula is C18H19NO3. The maximum Gasteiger partial charge on any atom is 0.410 e. The zero-order chi connectivity index (χ0) is 15.7. The summed E-state index contributed by atoms with van der Waals surface area (Å²) < 4.78 is 10.8. The third-order valence-electron chi connectivity index (χ3n) is 4.09. The molecule has 0 saturated carbocycles. The van der Waals surface area contributed by atoms with Crippen molar-refractivity contribution in [2.24, 2.45) is 0 Å². The fraction of sp³-hybridized carbons (Fsp3) is 0.278. The molecule has 2 aromatic rings. The maximum atomic E-state index is 11.7. The number of benzene rings is 2. The molecule has 114 valence electrons. The SMILES string of the molecule is COc1cc(C2C(C)OC(=O)N2C)ccc1-c1ccccc1. The summed E-state index contributed by atoms with van der Waals surface area (Å²) in [4.78, 5) is 13.3. The maximum absolute atomic E-state index is 11.7. The molecule has 3 rings (SSSR count). The van der Waals surface area contributed by atoms with E-state index >= 15 is 0 Å². The molecule has 0 N–H and O–H groups in total. The molecule has 2 aromatic carbocycles. The highest BCUT2D eigenvalue weighted by atomic mass is 16.6. The van der Waals surface area contributed by atoms with Gasteiger partial charge in [-0.05, 0) is 24.1 Å².